The van der Waals surface area contributed by atoms with Gasteiger partial charge in [-0.2, -0.15) is 0 Å². The number of halogens is 1. The summed E-state index contributed by atoms with van der Waals surface area (Å²) >= 11 is 3.61. The zero-order chi connectivity index (χ0) is 17.3. The Morgan fingerprint density at radius 3 is 2.71 bits per heavy atom. The van der Waals surface area contributed by atoms with Crippen LogP contribution in [0.3, 0.4) is 0 Å². The van der Waals surface area contributed by atoms with Crippen molar-refractivity contribution in [1.29, 1.82) is 0 Å². The fourth-order valence-electron chi connectivity index (χ4n) is 4.27. The van der Waals surface area contributed by atoms with Crippen molar-refractivity contribution >= 4 is 21.9 Å². The predicted octanol–water partition coefficient (Wildman–Crippen LogP) is 3.68. The van der Waals surface area contributed by atoms with Gasteiger partial charge in [-0.15, -0.1) is 0 Å². The molecule has 1 aliphatic heterocycles. The number of aliphatic carboxylic acids is 1. The van der Waals surface area contributed by atoms with E-state index in [2.05, 4.69) is 20.8 Å². The van der Waals surface area contributed by atoms with Crippen LogP contribution in [0.1, 0.15) is 37.7 Å². The summed E-state index contributed by atoms with van der Waals surface area (Å²) in [4.78, 5) is 13.9. The Morgan fingerprint density at radius 1 is 1.29 bits per heavy atom. The number of hydrogen-bond donors (Lipinski definition) is 1. The van der Waals surface area contributed by atoms with Crippen molar-refractivity contribution in [3.8, 4) is 11.5 Å². The number of carboxylic acid groups (broad SMARTS) is 1. The minimum absolute atomic E-state index is 0.375. The van der Waals surface area contributed by atoms with E-state index in [0.29, 0.717) is 30.0 Å². The van der Waals surface area contributed by atoms with Crippen LogP contribution in [0.4, 0.5) is 0 Å². The number of methoxy groups -OCH3 is 2. The first-order valence-electron chi connectivity index (χ1n) is 8.44. The first-order chi connectivity index (χ1) is 11.6. The van der Waals surface area contributed by atoms with E-state index in [1.165, 1.54) is 12.8 Å². The summed E-state index contributed by atoms with van der Waals surface area (Å²) in [5.74, 6) is 1.13. The van der Waals surface area contributed by atoms with E-state index < -0.39 is 12.0 Å². The number of rotatable bonds is 5. The molecule has 3 atom stereocenters. The van der Waals surface area contributed by atoms with Gasteiger partial charge in [0.15, 0.2) is 11.5 Å². The second kappa shape index (κ2) is 7.31. The molecule has 5 nitrogen and oxygen atoms in total. The van der Waals surface area contributed by atoms with Crippen LogP contribution in [-0.4, -0.2) is 42.3 Å². The zero-order valence-electron chi connectivity index (χ0n) is 14.1. The monoisotopic (exact) mass is 397 g/mol. The largest absolute Gasteiger partial charge is 0.493 e. The van der Waals surface area contributed by atoms with Crippen molar-refractivity contribution in [3.05, 3.63) is 22.2 Å². The van der Waals surface area contributed by atoms with Crippen molar-refractivity contribution in [2.75, 3.05) is 14.2 Å². The highest BCUT2D eigenvalue weighted by atomic mass is 79.9. The third-order valence-electron chi connectivity index (χ3n) is 5.42. The van der Waals surface area contributed by atoms with Gasteiger partial charge in [0.25, 0.3) is 0 Å². The molecule has 1 heterocycles. The molecule has 1 saturated carbocycles. The molecule has 0 bridgehead atoms. The summed E-state index contributed by atoms with van der Waals surface area (Å²) in [5.41, 5.74) is 1.03. The van der Waals surface area contributed by atoms with Gasteiger partial charge in [0, 0.05) is 12.6 Å². The van der Waals surface area contributed by atoms with Crippen LogP contribution in [-0.2, 0) is 11.3 Å². The molecule has 1 aliphatic carbocycles. The Bertz CT molecular complexity index is 621. The van der Waals surface area contributed by atoms with Crippen LogP contribution in [0, 0.1) is 5.92 Å². The lowest BCUT2D eigenvalue weighted by Gasteiger charge is -2.33. The lowest BCUT2D eigenvalue weighted by Crippen LogP contribution is -2.41. The molecule has 132 valence electrons. The number of likely N-dealkylation sites (tertiary alicyclic amines) is 1. The molecule has 3 unspecified atom stereocenters. The summed E-state index contributed by atoms with van der Waals surface area (Å²) in [7, 11) is 3.22. The highest BCUT2D eigenvalue weighted by molar-refractivity contribution is 9.10. The Balaban J connectivity index is 1.89. The zero-order valence-corrected chi connectivity index (χ0v) is 15.7. The molecule has 0 radical (unpaired) electrons. The van der Waals surface area contributed by atoms with Gasteiger partial charge in [0.05, 0.1) is 18.7 Å². The number of hydrogen-bond acceptors (Lipinski definition) is 4. The normalized spacial score (nSPS) is 26.9. The quantitative estimate of drug-likeness (QED) is 0.820. The fraction of sp³-hybridized carbons (Fsp3) is 0.611. The molecule has 0 spiro atoms. The maximum absolute atomic E-state index is 11.8. The van der Waals surface area contributed by atoms with Crippen LogP contribution in [0.15, 0.2) is 16.6 Å². The van der Waals surface area contributed by atoms with Crippen LogP contribution >= 0.6 is 15.9 Å². The molecule has 2 fully saturated rings. The average Bonchev–Trinajstić information content (AvgIpc) is 2.95. The van der Waals surface area contributed by atoms with Crippen molar-refractivity contribution in [2.45, 2.75) is 50.7 Å². The lowest BCUT2D eigenvalue weighted by atomic mass is 9.84. The second-order valence-electron chi connectivity index (χ2n) is 6.65. The van der Waals surface area contributed by atoms with E-state index in [-0.39, 0.29) is 0 Å². The lowest BCUT2D eigenvalue weighted by molar-refractivity contribution is -0.142. The first-order valence-corrected chi connectivity index (χ1v) is 9.24. The number of nitrogens with zero attached hydrogens (tertiary/aromatic N) is 1. The molecule has 0 aromatic heterocycles. The molecule has 6 heteroatoms. The summed E-state index contributed by atoms with van der Waals surface area (Å²) in [6.45, 7) is 0.610. The van der Waals surface area contributed by atoms with E-state index >= 15 is 0 Å². The van der Waals surface area contributed by atoms with Crippen molar-refractivity contribution in [3.63, 3.8) is 0 Å². The van der Waals surface area contributed by atoms with Crippen LogP contribution in [0.5, 0.6) is 11.5 Å². The number of benzene rings is 1. The van der Waals surface area contributed by atoms with Gasteiger partial charge < -0.3 is 14.6 Å². The Kier molecular flexibility index (Phi) is 5.35. The summed E-state index contributed by atoms with van der Waals surface area (Å²) in [5, 5.41) is 9.66. The minimum atomic E-state index is -0.707. The molecule has 2 aliphatic rings. The third-order valence-corrected chi connectivity index (χ3v) is 6.29. The highest BCUT2D eigenvalue weighted by Gasteiger charge is 2.45. The van der Waals surface area contributed by atoms with E-state index in [1.807, 2.05) is 12.1 Å². The highest BCUT2D eigenvalue weighted by Crippen LogP contribution is 2.43. The number of carboxylic acids is 1. The molecule has 1 N–H and O–H groups in total. The first kappa shape index (κ1) is 17.5. The van der Waals surface area contributed by atoms with Crippen LogP contribution in [0.2, 0.25) is 0 Å². The average molecular weight is 398 g/mol. The van der Waals surface area contributed by atoms with Gasteiger partial charge in [-0.3, -0.25) is 9.69 Å². The molecule has 1 aromatic carbocycles. The number of ether oxygens (including phenoxy) is 2. The fourth-order valence-corrected chi connectivity index (χ4v) is 4.89. The number of fused-ring (bicyclic) bond motifs is 1. The van der Waals surface area contributed by atoms with E-state index in [0.717, 1.165) is 29.3 Å². The molecule has 0 amide bonds. The molecule has 1 saturated heterocycles. The summed E-state index contributed by atoms with van der Waals surface area (Å²) in [6.07, 6.45) is 5.43. The third kappa shape index (κ3) is 3.14. The Labute approximate surface area is 151 Å². The van der Waals surface area contributed by atoms with E-state index in [4.69, 9.17) is 9.47 Å². The van der Waals surface area contributed by atoms with Crippen molar-refractivity contribution < 1.29 is 19.4 Å². The van der Waals surface area contributed by atoms with Crippen molar-refractivity contribution in [1.82, 2.24) is 4.90 Å². The van der Waals surface area contributed by atoms with Gasteiger partial charge in [0.1, 0.15) is 6.04 Å². The Morgan fingerprint density at radius 2 is 2.04 bits per heavy atom. The smallest absolute Gasteiger partial charge is 0.320 e. The van der Waals surface area contributed by atoms with Gasteiger partial charge >= 0.3 is 5.97 Å². The molecular formula is C18H24BrNO4. The minimum Gasteiger partial charge on any atom is -0.493 e. The summed E-state index contributed by atoms with van der Waals surface area (Å²) < 4.78 is 11.6. The Hall–Kier alpha value is -1.27. The number of carbonyl (C=O) groups is 1. The van der Waals surface area contributed by atoms with Gasteiger partial charge in [-0.25, -0.2) is 0 Å². The van der Waals surface area contributed by atoms with Gasteiger partial charge in [-0.05, 0) is 52.7 Å². The van der Waals surface area contributed by atoms with Crippen molar-refractivity contribution in [2.24, 2.45) is 5.92 Å². The molecule has 24 heavy (non-hydrogen) atoms. The van der Waals surface area contributed by atoms with Crippen LogP contribution in [0.25, 0.3) is 0 Å². The second-order valence-corrected chi connectivity index (χ2v) is 7.44. The predicted molar refractivity (Wildman–Crippen MR) is 94.6 cm³/mol. The molecule has 1 aromatic rings. The van der Waals surface area contributed by atoms with E-state index in [9.17, 15) is 9.90 Å². The van der Waals surface area contributed by atoms with Gasteiger partial charge in [-0.1, -0.05) is 18.9 Å². The van der Waals surface area contributed by atoms with E-state index in [1.54, 1.807) is 14.2 Å². The van der Waals surface area contributed by atoms with Gasteiger partial charge in [0.2, 0.25) is 0 Å². The summed E-state index contributed by atoms with van der Waals surface area (Å²) in [6, 6.07) is 3.85. The SMILES string of the molecule is COc1ccc(CN2C(C(=O)O)CC3CCCCC32)c(Br)c1OC. The van der Waals surface area contributed by atoms with Crippen LogP contribution < -0.4 is 9.47 Å². The standard InChI is InChI=1S/C18H24BrNO4/c1-23-15-8-7-12(16(19)17(15)24-2)10-20-13-6-4-3-5-11(13)9-14(20)18(21)22/h7-8,11,13-14H,3-6,9-10H2,1-2H3,(H,21,22). The maximum Gasteiger partial charge on any atom is 0.320 e. The topological polar surface area (TPSA) is 59.0 Å². The molecule has 3 rings (SSSR count). The molecular weight excluding hydrogens is 374 g/mol. The maximum atomic E-state index is 11.8.